The molecule has 0 aliphatic carbocycles. The number of nitrogens with one attached hydrogen (secondary N) is 1. The number of nitro groups is 1. The van der Waals surface area contributed by atoms with Gasteiger partial charge < -0.3 is 19.9 Å². The lowest BCUT2D eigenvalue weighted by molar-refractivity contribution is -0.384. The average Bonchev–Trinajstić information content (AvgIpc) is 3.54. The maximum Gasteiger partial charge on any atom is 0.294 e. The fraction of sp³-hybridized carbons (Fsp3) is 0.143. The first-order valence-corrected chi connectivity index (χ1v) is 10.3. The van der Waals surface area contributed by atoms with E-state index in [-0.39, 0.29) is 28.7 Å². The maximum absolute atomic E-state index is 13.1. The number of non-ortho nitro benzene ring substituents is 1. The number of anilines is 1. The number of benzene rings is 2. The van der Waals surface area contributed by atoms with Crippen molar-refractivity contribution in [2.45, 2.75) is 0 Å². The molecule has 0 fully saturated rings. The Hall–Kier alpha value is -5.54. The minimum absolute atomic E-state index is 0.0314. The molecule has 3 N–H and O–H groups in total. The number of nitrogens with zero attached hydrogens (tertiary/aromatic N) is 7. The van der Waals surface area contributed by atoms with E-state index in [0.29, 0.717) is 28.4 Å². The number of nitrogens with two attached hydrogens (primary N) is 1. The number of hydrogen-bond acceptors (Lipinski definition) is 13. The Labute approximate surface area is 207 Å². The molecule has 2 aromatic heterocycles. The van der Waals surface area contributed by atoms with Crippen molar-refractivity contribution in [3.05, 3.63) is 57.8 Å². The molecule has 0 aliphatic heterocycles. The van der Waals surface area contributed by atoms with Crippen LogP contribution in [0.15, 0.2) is 46.1 Å². The van der Waals surface area contributed by atoms with Crippen LogP contribution in [0.2, 0.25) is 0 Å². The number of nitro benzene ring substituents is 1. The van der Waals surface area contributed by atoms with Crippen LogP contribution in [-0.2, 0) is 0 Å². The van der Waals surface area contributed by atoms with Crippen LogP contribution < -0.4 is 25.4 Å². The van der Waals surface area contributed by atoms with E-state index in [2.05, 4.69) is 35.8 Å². The quantitative estimate of drug-likeness (QED) is 0.187. The van der Waals surface area contributed by atoms with Crippen molar-refractivity contribution in [2.24, 2.45) is 5.10 Å². The van der Waals surface area contributed by atoms with E-state index in [0.717, 1.165) is 4.68 Å². The smallest absolute Gasteiger partial charge is 0.294 e. The van der Waals surface area contributed by atoms with Gasteiger partial charge in [-0.25, -0.2) is 10.1 Å². The third-order valence-corrected chi connectivity index (χ3v) is 5.05. The number of carbonyl (C=O) groups is 1. The molecule has 0 saturated heterocycles. The Balaban J connectivity index is 1.70. The molecule has 2 aromatic carbocycles. The topological polar surface area (TPSA) is 208 Å². The summed E-state index contributed by atoms with van der Waals surface area (Å²) in [7, 11) is 4.42. The van der Waals surface area contributed by atoms with Gasteiger partial charge in [-0.15, -0.1) is 5.10 Å². The van der Waals surface area contributed by atoms with Crippen LogP contribution in [0.5, 0.6) is 17.2 Å². The van der Waals surface area contributed by atoms with Gasteiger partial charge in [0.25, 0.3) is 11.6 Å². The van der Waals surface area contributed by atoms with Crippen LogP contribution in [0.3, 0.4) is 0 Å². The molecular weight excluding hydrogens is 490 g/mol. The minimum Gasteiger partial charge on any atom is -0.496 e. The number of rotatable bonds is 9. The normalized spacial score (nSPS) is 10.9. The van der Waals surface area contributed by atoms with Gasteiger partial charge >= 0.3 is 0 Å². The van der Waals surface area contributed by atoms with Crippen LogP contribution in [-0.4, -0.2) is 63.7 Å². The summed E-state index contributed by atoms with van der Waals surface area (Å²) in [5, 5.41) is 30.1. The number of aromatic nitrogens is 5. The van der Waals surface area contributed by atoms with Gasteiger partial charge in [0, 0.05) is 29.8 Å². The predicted octanol–water partition coefficient (Wildman–Crippen LogP) is 1.60. The van der Waals surface area contributed by atoms with E-state index >= 15 is 0 Å². The highest BCUT2D eigenvalue weighted by atomic mass is 16.6. The molecule has 0 aliphatic rings. The molecule has 1 amide bonds. The molecule has 16 nitrogen and oxygen atoms in total. The zero-order chi connectivity index (χ0) is 26.5. The van der Waals surface area contributed by atoms with Crippen LogP contribution >= 0.6 is 0 Å². The summed E-state index contributed by atoms with van der Waals surface area (Å²) < 4.78 is 21.7. The fourth-order valence-corrected chi connectivity index (χ4v) is 3.29. The summed E-state index contributed by atoms with van der Waals surface area (Å²) in [6, 6.07) is 8.62. The van der Waals surface area contributed by atoms with E-state index in [9.17, 15) is 14.9 Å². The molecule has 0 saturated carbocycles. The van der Waals surface area contributed by atoms with E-state index in [1.807, 2.05) is 0 Å². The average molecular weight is 509 g/mol. The summed E-state index contributed by atoms with van der Waals surface area (Å²) in [4.78, 5) is 23.6. The Morgan fingerprint density at radius 2 is 1.81 bits per heavy atom. The molecule has 0 atom stereocenters. The van der Waals surface area contributed by atoms with Crippen molar-refractivity contribution in [2.75, 3.05) is 27.1 Å². The predicted molar refractivity (Wildman–Crippen MR) is 127 cm³/mol. The first-order chi connectivity index (χ1) is 17.9. The fourth-order valence-electron chi connectivity index (χ4n) is 3.29. The lowest BCUT2D eigenvalue weighted by atomic mass is 10.1. The first-order valence-electron chi connectivity index (χ1n) is 10.3. The highest BCUT2D eigenvalue weighted by Gasteiger charge is 2.25. The number of carbonyl (C=O) groups excluding carboxylic acids is 1. The van der Waals surface area contributed by atoms with Gasteiger partial charge in [-0.05, 0) is 22.4 Å². The lowest BCUT2D eigenvalue weighted by Crippen LogP contribution is -2.19. The highest BCUT2D eigenvalue weighted by Crippen LogP contribution is 2.33. The largest absolute Gasteiger partial charge is 0.496 e. The van der Waals surface area contributed by atoms with Crippen LogP contribution in [0, 0.1) is 10.1 Å². The number of hydrazone groups is 1. The zero-order valence-corrected chi connectivity index (χ0v) is 19.6. The van der Waals surface area contributed by atoms with Crippen molar-refractivity contribution in [1.29, 1.82) is 0 Å². The van der Waals surface area contributed by atoms with E-state index in [4.69, 9.17) is 19.9 Å². The molecule has 16 heteroatoms. The van der Waals surface area contributed by atoms with Gasteiger partial charge in [-0.1, -0.05) is 5.21 Å². The van der Waals surface area contributed by atoms with Gasteiger partial charge in [0.2, 0.25) is 11.6 Å². The van der Waals surface area contributed by atoms with Gasteiger partial charge in [-0.2, -0.15) is 9.78 Å². The van der Waals surface area contributed by atoms with Gasteiger partial charge in [-0.3, -0.25) is 14.9 Å². The molecule has 0 bridgehead atoms. The third kappa shape index (κ3) is 4.83. The van der Waals surface area contributed by atoms with Crippen molar-refractivity contribution < 1.29 is 28.6 Å². The van der Waals surface area contributed by atoms with Crippen molar-refractivity contribution in [1.82, 2.24) is 30.7 Å². The molecule has 4 rings (SSSR count). The number of amides is 1. The highest BCUT2D eigenvalue weighted by molar-refractivity contribution is 5.99. The molecule has 0 radical (unpaired) electrons. The van der Waals surface area contributed by atoms with Crippen LogP contribution in [0.25, 0.3) is 17.1 Å². The maximum atomic E-state index is 13.1. The monoisotopic (exact) mass is 509 g/mol. The van der Waals surface area contributed by atoms with E-state index in [1.165, 1.54) is 51.8 Å². The molecule has 0 spiro atoms. The van der Waals surface area contributed by atoms with Gasteiger partial charge in [0.1, 0.15) is 22.9 Å². The van der Waals surface area contributed by atoms with Crippen LogP contribution in [0.1, 0.15) is 16.1 Å². The Bertz CT molecular complexity index is 1450. The molecular formula is C21H19N9O7. The SMILES string of the molecule is COc1cc(OC)c(/C=N/NC(=O)c2nnn(-c3nonc3N)c2-c2ccc([N+](=O)[O-])cc2)c(OC)c1. The van der Waals surface area contributed by atoms with E-state index in [1.54, 1.807) is 12.1 Å². The molecule has 37 heavy (non-hydrogen) atoms. The summed E-state index contributed by atoms with van der Waals surface area (Å²) in [5.41, 5.74) is 8.73. The second-order valence-corrected chi connectivity index (χ2v) is 7.12. The number of ether oxygens (including phenoxy) is 3. The second kappa shape index (κ2) is 10.4. The lowest BCUT2D eigenvalue weighted by Gasteiger charge is -2.12. The Kier molecular flexibility index (Phi) is 6.90. The first kappa shape index (κ1) is 24.6. The summed E-state index contributed by atoms with van der Waals surface area (Å²) in [6.45, 7) is 0. The van der Waals surface area contributed by atoms with Crippen molar-refractivity contribution in [3.8, 4) is 34.3 Å². The minimum atomic E-state index is -0.752. The molecule has 0 unspecified atom stereocenters. The number of nitrogen functional groups attached to an aromatic ring is 1. The second-order valence-electron chi connectivity index (χ2n) is 7.12. The van der Waals surface area contributed by atoms with Crippen molar-refractivity contribution >= 4 is 23.6 Å². The molecule has 2 heterocycles. The van der Waals surface area contributed by atoms with Crippen molar-refractivity contribution in [3.63, 3.8) is 0 Å². The van der Waals surface area contributed by atoms with Crippen LogP contribution in [0.4, 0.5) is 11.5 Å². The number of hydrogen-bond donors (Lipinski definition) is 2. The molecule has 4 aromatic rings. The van der Waals surface area contributed by atoms with Gasteiger partial charge in [0.05, 0.1) is 38.0 Å². The summed E-state index contributed by atoms with van der Waals surface area (Å²) >= 11 is 0. The zero-order valence-electron chi connectivity index (χ0n) is 19.6. The van der Waals surface area contributed by atoms with Gasteiger partial charge in [0.15, 0.2) is 5.69 Å². The van der Waals surface area contributed by atoms with E-state index < -0.39 is 10.8 Å². The Morgan fingerprint density at radius 1 is 1.14 bits per heavy atom. The third-order valence-electron chi connectivity index (χ3n) is 5.05. The number of methoxy groups -OCH3 is 3. The molecule has 190 valence electrons. The summed E-state index contributed by atoms with van der Waals surface area (Å²) in [5.74, 6) is 0.382. The standard InChI is InChI=1S/C21H19N9O7/c1-34-13-8-15(35-2)14(16(9-13)36-3)10-23-25-21(31)17-18(11-4-6-12(7-5-11)30(32)33)29(28-24-17)20-19(22)26-37-27-20/h4-10H,1-3H3,(H2,22,26)(H,25,31)/b23-10+. The summed E-state index contributed by atoms with van der Waals surface area (Å²) in [6.07, 6.45) is 1.32. The Morgan fingerprint density at radius 3 is 2.35 bits per heavy atom.